The topological polar surface area (TPSA) is 32.7 Å². The smallest absolute Gasteiger partial charge is 0.0977 e. The Labute approximate surface area is 157 Å². The number of ether oxygens (including phenoxy) is 1. The molecular weight excluding hydrogens is 322 g/mol. The van der Waals surface area contributed by atoms with Gasteiger partial charge < -0.3 is 9.84 Å². The summed E-state index contributed by atoms with van der Waals surface area (Å²) in [7, 11) is 0. The van der Waals surface area contributed by atoms with Gasteiger partial charge in [0.15, 0.2) is 0 Å². The van der Waals surface area contributed by atoms with E-state index in [1.54, 1.807) is 0 Å². The van der Waals surface area contributed by atoms with Crippen molar-refractivity contribution in [3.05, 3.63) is 71.8 Å². The van der Waals surface area contributed by atoms with E-state index in [-0.39, 0.29) is 5.92 Å². The minimum atomic E-state index is -0.864. The summed E-state index contributed by atoms with van der Waals surface area (Å²) in [6, 6.07) is 20.7. The number of unbranched alkanes of at least 4 members (excludes halogenated alkanes) is 1. The van der Waals surface area contributed by atoms with Gasteiger partial charge in [-0.15, -0.1) is 0 Å². The standard InChI is InChI=1S/C23H31NO2/c1-2-3-14-23(25,21-12-8-5-9-13-21)22(20-10-6-4-7-11-20)19-24-15-17-26-18-16-24/h4-13,22,25H,2-3,14-19H2,1H3/t22-,23-/m0/s1. The third kappa shape index (κ3) is 4.53. The first-order valence-corrected chi connectivity index (χ1v) is 9.87. The van der Waals surface area contributed by atoms with Gasteiger partial charge in [-0.3, -0.25) is 4.90 Å². The van der Waals surface area contributed by atoms with Gasteiger partial charge in [0.25, 0.3) is 0 Å². The van der Waals surface area contributed by atoms with Crippen molar-refractivity contribution in [3.8, 4) is 0 Å². The van der Waals surface area contributed by atoms with Gasteiger partial charge >= 0.3 is 0 Å². The van der Waals surface area contributed by atoms with Crippen molar-refractivity contribution >= 4 is 0 Å². The fraction of sp³-hybridized carbons (Fsp3) is 0.478. The maximum absolute atomic E-state index is 12.0. The summed E-state index contributed by atoms with van der Waals surface area (Å²) in [6.07, 6.45) is 2.86. The van der Waals surface area contributed by atoms with Crippen LogP contribution >= 0.6 is 0 Å². The molecule has 3 nitrogen and oxygen atoms in total. The largest absolute Gasteiger partial charge is 0.384 e. The lowest BCUT2D eigenvalue weighted by molar-refractivity contribution is -0.0293. The Kier molecular flexibility index (Phi) is 6.84. The Hall–Kier alpha value is -1.68. The monoisotopic (exact) mass is 353 g/mol. The molecule has 1 saturated heterocycles. The Morgan fingerprint density at radius 1 is 1.00 bits per heavy atom. The summed E-state index contributed by atoms with van der Waals surface area (Å²) in [5.41, 5.74) is 1.37. The van der Waals surface area contributed by atoms with E-state index < -0.39 is 5.60 Å². The van der Waals surface area contributed by atoms with Gasteiger partial charge in [0, 0.05) is 25.6 Å². The lowest BCUT2D eigenvalue weighted by atomic mass is 9.74. The van der Waals surface area contributed by atoms with E-state index in [0.717, 1.165) is 57.7 Å². The molecule has 3 heteroatoms. The molecule has 2 aromatic carbocycles. The number of morpholine rings is 1. The molecule has 1 heterocycles. The molecule has 0 amide bonds. The zero-order valence-electron chi connectivity index (χ0n) is 15.8. The summed E-state index contributed by atoms with van der Waals surface area (Å²) >= 11 is 0. The molecule has 0 bridgehead atoms. The molecule has 1 aliphatic rings. The second-order valence-corrected chi connectivity index (χ2v) is 7.27. The highest BCUT2D eigenvalue weighted by atomic mass is 16.5. The second-order valence-electron chi connectivity index (χ2n) is 7.27. The van der Waals surface area contributed by atoms with Gasteiger partial charge in [-0.1, -0.05) is 80.4 Å². The molecule has 3 rings (SSSR count). The van der Waals surface area contributed by atoms with Crippen molar-refractivity contribution in [2.45, 2.75) is 37.7 Å². The average molecular weight is 354 g/mol. The highest BCUT2D eigenvalue weighted by Crippen LogP contribution is 2.41. The fourth-order valence-corrected chi connectivity index (χ4v) is 3.95. The minimum absolute atomic E-state index is 0.0377. The van der Waals surface area contributed by atoms with Crippen LogP contribution in [-0.4, -0.2) is 42.9 Å². The van der Waals surface area contributed by atoms with E-state index >= 15 is 0 Å². The van der Waals surface area contributed by atoms with E-state index in [1.807, 2.05) is 24.3 Å². The van der Waals surface area contributed by atoms with Gasteiger partial charge in [0.1, 0.15) is 0 Å². The maximum Gasteiger partial charge on any atom is 0.0977 e. The van der Waals surface area contributed by atoms with Crippen molar-refractivity contribution in [1.29, 1.82) is 0 Å². The third-order valence-electron chi connectivity index (χ3n) is 5.51. The van der Waals surface area contributed by atoms with Crippen LogP contribution in [0.15, 0.2) is 60.7 Å². The fourth-order valence-electron chi connectivity index (χ4n) is 3.95. The normalized spacial score (nSPS) is 19.0. The molecule has 0 unspecified atom stereocenters. The van der Waals surface area contributed by atoms with Crippen molar-refractivity contribution < 1.29 is 9.84 Å². The molecule has 0 radical (unpaired) electrons. The maximum atomic E-state index is 12.0. The quantitative estimate of drug-likeness (QED) is 0.773. The first-order valence-electron chi connectivity index (χ1n) is 9.87. The van der Waals surface area contributed by atoms with Crippen LogP contribution in [0.1, 0.15) is 43.2 Å². The molecule has 1 N–H and O–H groups in total. The van der Waals surface area contributed by atoms with Crippen LogP contribution in [0.3, 0.4) is 0 Å². The molecule has 0 aliphatic carbocycles. The third-order valence-corrected chi connectivity index (χ3v) is 5.51. The predicted molar refractivity (Wildman–Crippen MR) is 106 cm³/mol. The molecule has 1 aliphatic heterocycles. The van der Waals surface area contributed by atoms with E-state index in [9.17, 15) is 5.11 Å². The number of nitrogens with zero attached hydrogens (tertiary/aromatic N) is 1. The van der Waals surface area contributed by atoms with Crippen molar-refractivity contribution in [2.24, 2.45) is 0 Å². The summed E-state index contributed by atoms with van der Waals surface area (Å²) in [5.74, 6) is 0.0377. The molecule has 0 spiro atoms. The number of benzene rings is 2. The molecule has 0 aromatic heterocycles. The molecule has 0 saturated carbocycles. The number of aliphatic hydroxyl groups is 1. The Bertz CT molecular complexity index is 640. The average Bonchev–Trinajstić information content (AvgIpc) is 2.72. The molecule has 1 fully saturated rings. The van der Waals surface area contributed by atoms with Gasteiger partial charge in [0.2, 0.25) is 0 Å². The van der Waals surface area contributed by atoms with Gasteiger partial charge in [0.05, 0.1) is 18.8 Å². The van der Waals surface area contributed by atoms with Crippen molar-refractivity contribution in [1.82, 2.24) is 4.90 Å². The van der Waals surface area contributed by atoms with Crippen LogP contribution in [0.2, 0.25) is 0 Å². The molecule has 140 valence electrons. The SMILES string of the molecule is CCCC[C@](O)(c1ccccc1)[C@@H](CN1CCOCC1)c1ccccc1. The zero-order valence-corrected chi connectivity index (χ0v) is 15.8. The lowest BCUT2D eigenvalue weighted by Crippen LogP contribution is -2.45. The van der Waals surface area contributed by atoms with Gasteiger partial charge in [-0.2, -0.15) is 0 Å². The summed E-state index contributed by atoms with van der Waals surface area (Å²) in [6.45, 7) is 6.46. The zero-order chi connectivity index (χ0) is 18.2. The van der Waals surface area contributed by atoms with Crippen molar-refractivity contribution in [2.75, 3.05) is 32.8 Å². The lowest BCUT2D eigenvalue weighted by Gasteiger charge is -2.41. The number of rotatable bonds is 8. The minimum Gasteiger partial charge on any atom is -0.384 e. The summed E-state index contributed by atoms with van der Waals surface area (Å²) in [5, 5.41) is 12.0. The van der Waals surface area contributed by atoms with Crippen molar-refractivity contribution in [3.63, 3.8) is 0 Å². The molecule has 26 heavy (non-hydrogen) atoms. The van der Waals surface area contributed by atoms with Gasteiger partial charge in [-0.05, 0) is 17.5 Å². The van der Waals surface area contributed by atoms with Crippen LogP contribution in [0.4, 0.5) is 0 Å². The first kappa shape index (κ1) is 19.1. The molecule has 2 atom stereocenters. The highest BCUT2D eigenvalue weighted by Gasteiger charge is 2.39. The Morgan fingerprint density at radius 2 is 1.62 bits per heavy atom. The van der Waals surface area contributed by atoms with Crippen LogP contribution < -0.4 is 0 Å². The number of hydrogen-bond donors (Lipinski definition) is 1. The van der Waals surface area contributed by atoms with E-state index in [1.165, 1.54) is 5.56 Å². The van der Waals surface area contributed by atoms with E-state index in [0.29, 0.717) is 0 Å². The highest BCUT2D eigenvalue weighted by molar-refractivity contribution is 5.31. The molecule has 2 aromatic rings. The van der Waals surface area contributed by atoms with Crippen LogP contribution in [0, 0.1) is 0 Å². The van der Waals surface area contributed by atoms with E-state index in [2.05, 4.69) is 48.2 Å². The first-order chi connectivity index (χ1) is 12.7. The summed E-state index contributed by atoms with van der Waals surface area (Å²) in [4.78, 5) is 2.43. The van der Waals surface area contributed by atoms with Crippen LogP contribution in [0.25, 0.3) is 0 Å². The van der Waals surface area contributed by atoms with Gasteiger partial charge in [-0.25, -0.2) is 0 Å². The molecular formula is C23H31NO2. The summed E-state index contributed by atoms with van der Waals surface area (Å²) < 4.78 is 5.52. The Morgan fingerprint density at radius 3 is 2.23 bits per heavy atom. The second kappa shape index (κ2) is 9.31. The Balaban J connectivity index is 1.97. The predicted octanol–water partition coefficient (Wildman–Crippen LogP) is 4.18. The van der Waals surface area contributed by atoms with Crippen LogP contribution in [-0.2, 0) is 10.3 Å². The van der Waals surface area contributed by atoms with E-state index in [4.69, 9.17) is 4.74 Å². The van der Waals surface area contributed by atoms with Crippen LogP contribution in [0.5, 0.6) is 0 Å². The number of hydrogen-bond acceptors (Lipinski definition) is 3.